The van der Waals surface area contributed by atoms with Gasteiger partial charge in [0, 0.05) is 16.4 Å². The van der Waals surface area contributed by atoms with E-state index in [2.05, 4.69) is 0 Å². The molecule has 0 radical (unpaired) electrons. The van der Waals surface area contributed by atoms with Gasteiger partial charge in [-0.3, -0.25) is 14.2 Å². The lowest BCUT2D eigenvalue weighted by atomic mass is 9.91. The van der Waals surface area contributed by atoms with Crippen molar-refractivity contribution in [3.8, 4) is 0 Å². The molecule has 26 heavy (non-hydrogen) atoms. The minimum Gasteiger partial charge on any atom is -0.294 e. The second kappa shape index (κ2) is 7.56. The molecular weight excluding hydrogens is 362 g/mol. The summed E-state index contributed by atoms with van der Waals surface area (Å²) in [6.45, 7) is 6.12. The summed E-state index contributed by atoms with van der Waals surface area (Å²) in [5, 5.41) is 1.98. The molecule has 0 bridgehead atoms. The van der Waals surface area contributed by atoms with E-state index in [1.165, 1.54) is 11.3 Å². The Morgan fingerprint density at radius 3 is 2.46 bits per heavy atom. The van der Waals surface area contributed by atoms with Gasteiger partial charge in [-0.1, -0.05) is 57.2 Å². The molecule has 0 saturated carbocycles. The summed E-state index contributed by atoms with van der Waals surface area (Å²) in [5.41, 5.74) is 0.503. The first-order valence-electron chi connectivity index (χ1n) is 8.39. The van der Waals surface area contributed by atoms with Crippen LogP contribution >= 0.6 is 22.7 Å². The maximum absolute atomic E-state index is 13.0. The van der Waals surface area contributed by atoms with E-state index in [-0.39, 0.29) is 11.3 Å². The Morgan fingerprint density at radius 1 is 1.12 bits per heavy atom. The van der Waals surface area contributed by atoms with Crippen molar-refractivity contribution in [2.24, 2.45) is 5.41 Å². The largest absolute Gasteiger partial charge is 0.294 e. The number of Topliss-reactive ketones (excluding diaryl/α,β-unsaturated/α-hetero) is 1. The van der Waals surface area contributed by atoms with Crippen molar-refractivity contribution in [2.45, 2.75) is 27.3 Å². The third-order valence-electron chi connectivity index (χ3n) is 3.93. The monoisotopic (exact) mass is 383 g/mol. The van der Waals surface area contributed by atoms with Gasteiger partial charge in [-0.2, -0.15) is 0 Å². The average molecular weight is 384 g/mol. The number of hydrogen-bond donors (Lipinski definition) is 0. The van der Waals surface area contributed by atoms with Crippen LogP contribution in [-0.4, -0.2) is 10.4 Å². The predicted octanol–water partition coefficient (Wildman–Crippen LogP) is 3.24. The van der Waals surface area contributed by atoms with Gasteiger partial charge in [0.25, 0.3) is 5.56 Å². The highest BCUT2D eigenvalue weighted by Crippen LogP contribution is 2.15. The van der Waals surface area contributed by atoms with Gasteiger partial charge >= 0.3 is 0 Å². The molecule has 0 spiro atoms. The van der Waals surface area contributed by atoms with Crippen LogP contribution in [0.3, 0.4) is 0 Å². The van der Waals surface area contributed by atoms with Crippen LogP contribution in [0, 0.1) is 5.41 Å². The minimum atomic E-state index is -0.477. The van der Waals surface area contributed by atoms with Crippen molar-refractivity contribution >= 4 is 40.6 Å². The first kappa shape index (κ1) is 18.5. The molecule has 134 valence electrons. The van der Waals surface area contributed by atoms with Crippen molar-refractivity contribution in [1.82, 2.24) is 4.57 Å². The Bertz CT molecular complexity index is 1070. The van der Waals surface area contributed by atoms with E-state index in [4.69, 9.17) is 0 Å². The Kier molecular flexibility index (Phi) is 5.39. The lowest BCUT2D eigenvalue weighted by Gasteiger charge is -2.13. The van der Waals surface area contributed by atoms with E-state index in [0.29, 0.717) is 15.7 Å². The molecule has 3 aromatic rings. The number of ketones is 1. The fourth-order valence-electron chi connectivity index (χ4n) is 2.39. The van der Waals surface area contributed by atoms with Crippen molar-refractivity contribution < 1.29 is 4.79 Å². The van der Waals surface area contributed by atoms with Gasteiger partial charge in [-0.05, 0) is 23.1 Å². The number of rotatable bonds is 4. The standard InChI is InChI=1S/C21H21NO2S2/c1-21(2,3)18(23)13-19-22(14-15-8-5-4-6-9-15)20(24)17(26-19)12-16-10-7-11-25-16/h4-13H,14H2,1-3H3/b17-12-,19-13-. The van der Waals surface area contributed by atoms with Gasteiger partial charge in [-0.25, -0.2) is 0 Å². The normalized spacial score (nSPS) is 13.3. The number of aromatic nitrogens is 1. The Hall–Kier alpha value is -2.24. The average Bonchev–Trinajstić information content (AvgIpc) is 3.19. The molecule has 0 fully saturated rings. The van der Waals surface area contributed by atoms with Gasteiger partial charge in [0.1, 0.15) is 4.66 Å². The number of benzene rings is 1. The van der Waals surface area contributed by atoms with Crippen LogP contribution in [0.5, 0.6) is 0 Å². The molecule has 1 aromatic carbocycles. The van der Waals surface area contributed by atoms with Crippen molar-refractivity contribution in [2.75, 3.05) is 0 Å². The van der Waals surface area contributed by atoms with Crippen LogP contribution < -0.4 is 14.8 Å². The Morgan fingerprint density at radius 2 is 1.85 bits per heavy atom. The Labute approximate surface area is 160 Å². The molecule has 3 rings (SSSR count). The summed E-state index contributed by atoms with van der Waals surface area (Å²) in [5.74, 6) is 0.0169. The first-order chi connectivity index (χ1) is 12.3. The van der Waals surface area contributed by atoms with Gasteiger partial charge < -0.3 is 0 Å². The van der Waals surface area contributed by atoms with E-state index in [9.17, 15) is 9.59 Å². The third-order valence-corrected chi connectivity index (χ3v) is 5.81. The van der Waals surface area contributed by atoms with Crippen molar-refractivity contribution in [3.05, 3.63) is 77.8 Å². The highest BCUT2D eigenvalue weighted by Gasteiger charge is 2.19. The molecule has 0 atom stereocenters. The molecule has 0 N–H and O–H groups in total. The molecule has 0 amide bonds. The van der Waals surface area contributed by atoms with E-state index < -0.39 is 5.41 Å². The van der Waals surface area contributed by atoms with Crippen LogP contribution in [-0.2, 0) is 11.3 Å². The van der Waals surface area contributed by atoms with E-state index >= 15 is 0 Å². The molecule has 0 aliphatic rings. The molecule has 3 nitrogen and oxygen atoms in total. The number of hydrogen-bond acceptors (Lipinski definition) is 4. The van der Waals surface area contributed by atoms with Crippen LogP contribution in [0.25, 0.3) is 12.2 Å². The molecule has 0 aliphatic heterocycles. The summed E-state index contributed by atoms with van der Waals surface area (Å²) >= 11 is 2.96. The summed E-state index contributed by atoms with van der Waals surface area (Å²) in [4.78, 5) is 26.5. The maximum atomic E-state index is 13.0. The number of carbonyl (C=O) groups is 1. The number of nitrogens with zero attached hydrogens (tertiary/aromatic N) is 1. The summed E-state index contributed by atoms with van der Waals surface area (Å²) in [6, 6.07) is 13.8. The topological polar surface area (TPSA) is 39.1 Å². The molecule has 2 aromatic heterocycles. The second-order valence-electron chi connectivity index (χ2n) is 7.10. The number of carbonyl (C=O) groups excluding carboxylic acids is 1. The quantitative estimate of drug-likeness (QED) is 0.694. The number of thiophene rings is 1. The maximum Gasteiger partial charge on any atom is 0.269 e. The predicted molar refractivity (Wildman–Crippen MR) is 110 cm³/mol. The second-order valence-corrected chi connectivity index (χ2v) is 9.14. The fraction of sp³-hybridized carbons (Fsp3) is 0.238. The molecule has 5 heteroatoms. The van der Waals surface area contributed by atoms with Gasteiger partial charge in [-0.15, -0.1) is 22.7 Å². The fourth-order valence-corrected chi connectivity index (χ4v) is 4.15. The SMILES string of the molecule is CC(C)(C)C(=O)/C=c1\s/c(=C\c2cccs2)c(=O)n1Cc1ccccc1. The molecular formula is C21H21NO2S2. The molecule has 0 aliphatic carbocycles. The Balaban J connectivity index is 2.17. The van der Waals surface area contributed by atoms with Crippen LogP contribution in [0.1, 0.15) is 31.2 Å². The lowest BCUT2D eigenvalue weighted by molar-refractivity contribution is -0.120. The van der Waals surface area contributed by atoms with Gasteiger partial charge in [0.05, 0.1) is 11.1 Å². The zero-order valence-electron chi connectivity index (χ0n) is 15.1. The summed E-state index contributed by atoms with van der Waals surface area (Å²) in [7, 11) is 0. The zero-order chi connectivity index (χ0) is 18.7. The van der Waals surface area contributed by atoms with Crippen LogP contribution in [0.15, 0.2) is 52.6 Å². The lowest BCUT2D eigenvalue weighted by Crippen LogP contribution is -2.32. The summed E-state index contributed by atoms with van der Waals surface area (Å²) in [6.07, 6.45) is 3.51. The highest BCUT2D eigenvalue weighted by molar-refractivity contribution is 7.11. The highest BCUT2D eigenvalue weighted by atomic mass is 32.1. The third kappa shape index (κ3) is 4.29. The van der Waals surface area contributed by atoms with Crippen molar-refractivity contribution in [3.63, 3.8) is 0 Å². The van der Waals surface area contributed by atoms with Gasteiger partial charge in [0.2, 0.25) is 0 Å². The first-order valence-corrected chi connectivity index (χ1v) is 10.1. The van der Waals surface area contributed by atoms with E-state index in [1.54, 1.807) is 22.0 Å². The summed E-state index contributed by atoms with van der Waals surface area (Å²) < 4.78 is 3.04. The molecule has 0 unspecified atom stereocenters. The minimum absolute atomic E-state index is 0.0169. The number of thiazole rings is 1. The molecule has 2 heterocycles. The van der Waals surface area contributed by atoms with Crippen molar-refractivity contribution in [1.29, 1.82) is 0 Å². The molecule has 0 saturated heterocycles. The van der Waals surface area contributed by atoms with E-state index in [1.807, 2.05) is 74.7 Å². The zero-order valence-corrected chi connectivity index (χ0v) is 16.7. The smallest absolute Gasteiger partial charge is 0.269 e. The van der Waals surface area contributed by atoms with E-state index in [0.717, 1.165) is 10.4 Å². The van der Waals surface area contributed by atoms with Crippen LogP contribution in [0.2, 0.25) is 0 Å². The van der Waals surface area contributed by atoms with Gasteiger partial charge in [0.15, 0.2) is 5.78 Å². The van der Waals surface area contributed by atoms with Crippen LogP contribution in [0.4, 0.5) is 0 Å².